The molecular formula is C8H16F3N. The SMILES string of the molecule is CCC(C)(C)CNCC(F)(F)F. The molecule has 74 valence electrons. The van der Waals surface area contributed by atoms with E-state index in [0.717, 1.165) is 6.42 Å². The topological polar surface area (TPSA) is 12.0 Å². The summed E-state index contributed by atoms with van der Waals surface area (Å²) in [6.07, 6.45) is -3.22. The van der Waals surface area contributed by atoms with Crippen molar-refractivity contribution in [3.63, 3.8) is 0 Å². The van der Waals surface area contributed by atoms with Gasteiger partial charge in [-0.05, 0) is 11.8 Å². The number of alkyl halides is 3. The second-order valence-corrected chi connectivity index (χ2v) is 3.74. The van der Waals surface area contributed by atoms with Gasteiger partial charge in [-0.3, -0.25) is 0 Å². The van der Waals surface area contributed by atoms with Crippen LogP contribution in [-0.2, 0) is 0 Å². The molecule has 0 radical (unpaired) electrons. The van der Waals surface area contributed by atoms with Crippen LogP contribution in [-0.4, -0.2) is 19.3 Å². The molecule has 1 N–H and O–H groups in total. The maximum atomic E-state index is 11.7. The van der Waals surface area contributed by atoms with Crippen LogP contribution in [0.15, 0.2) is 0 Å². The van der Waals surface area contributed by atoms with Crippen LogP contribution < -0.4 is 5.32 Å². The standard InChI is InChI=1S/C8H16F3N/c1-4-7(2,3)5-12-6-8(9,10)11/h12H,4-6H2,1-3H3. The fourth-order valence-corrected chi connectivity index (χ4v) is 0.668. The van der Waals surface area contributed by atoms with E-state index in [-0.39, 0.29) is 5.41 Å². The third kappa shape index (κ3) is 6.46. The molecule has 0 rings (SSSR count). The van der Waals surface area contributed by atoms with Crippen LogP contribution in [0.4, 0.5) is 13.2 Å². The Hall–Kier alpha value is -0.250. The van der Waals surface area contributed by atoms with Gasteiger partial charge in [0.2, 0.25) is 0 Å². The Morgan fingerprint density at radius 1 is 1.08 bits per heavy atom. The zero-order chi connectivity index (χ0) is 9.83. The third-order valence-electron chi connectivity index (χ3n) is 1.89. The number of nitrogens with one attached hydrogen (secondary N) is 1. The minimum atomic E-state index is -4.09. The lowest BCUT2D eigenvalue weighted by molar-refractivity contribution is -0.125. The summed E-state index contributed by atoms with van der Waals surface area (Å²) in [7, 11) is 0. The van der Waals surface area contributed by atoms with Gasteiger partial charge < -0.3 is 5.32 Å². The molecule has 0 heterocycles. The molecule has 0 unspecified atom stereocenters. The molecular weight excluding hydrogens is 167 g/mol. The van der Waals surface area contributed by atoms with Crippen LogP contribution in [0.25, 0.3) is 0 Å². The van der Waals surface area contributed by atoms with Crippen molar-refractivity contribution >= 4 is 0 Å². The van der Waals surface area contributed by atoms with E-state index in [2.05, 4.69) is 5.32 Å². The Morgan fingerprint density at radius 2 is 1.58 bits per heavy atom. The lowest BCUT2D eigenvalue weighted by Crippen LogP contribution is -2.35. The molecule has 0 aromatic carbocycles. The van der Waals surface area contributed by atoms with E-state index >= 15 is 0 Å². The van der Waals surface area contributed by atoms with E-state index in [1.54, 1.807) is 0 Å². The van der Waals surface area contributed by atoms with Crippen molar-refractivity contribution in [3.05, 3.63) is 0 Å². The van der Waals surface area contributed by atoms with Crippen molar-refractivity contribution < 1.29 is 13.2 Å². The molecule has 0 aliphatic rings. The molecule has 0 aliphatic heterocycles. The number of hydrogen-bond acceptors (Lipinski definition) is 1. The van der Waals surface area contributed by atoms with E-state index in [9.17, 15) is 13.2 Å². The smallest absolute Gasteiger partial charge is 0.308 e. The van der Waals surface area contributed by atoms with Crippen molar-refractivity contribution in [2.45, 2.75) is 33.4 Å². The summed E-state index contributed by atoms with van der Waals surface area (Å²) in [5.74, 6) is 0. The Morgan fingerprint density at radius 3 is 1.92 bits per heavy atom. The first-order valence-corrected chi connectivity index (χ1v) is 4.04. The summed E-state index contributed by atoms with van der Waals surface area (Å²) < 4.78 is 35.0. The predicted molar refractivity (Wildman–Crippen MR) is 43.0 cm³/mol. The Labute approximate surface area is 71.3 Å². The highest BCUT2D eigenvalue weighted by molar-refractivity contribution is 4.70. The molecule has 1 nitrogen and oxygen atoms in total. The van der Waals surface area contributed by atoms with E-state index in [0.29, 0.717) is 6.54 Å². The normalized spacial score (nSPS) is 13.5. The van der Waals surface area contributed by atoms with Crippen LogP contribution in [0.2, 0.25) is 0 Å². The second kappa shape index (κ2) is 4.12. The highest BCUT2D eigenvalue weighted by Crippen LogP contribution is 2.19. The number of hydrogen-bond donors (Lipinski definition) is 1. The molecule has 0 atom stereocenters. The van der Waals surface area contributed by atoms with Gasteiger partial charge in [-0.25, -0.2) is 0 Å². The largest absolute Gasteiger partial charge is 0.401 e. The van der Waals surface area contributed by atoms with E-state index in [4.69, 9.17) is 0 Å². The average molecular weight is 183 g/mol. The summed E-state index contributed by atoms with van der Waals surface area (Å²) in [5, 5.41) is 2.39. The molecule has 0 amide bonds. The van der Waals surface area contributed by atoms with Crippen LogP contribution >= 0.6 is 0 Å². The molecule has 0 bridgehead atoms. The first-order valence-electron chi connectivity index (χ1n) is 4.04. The van der Waals surface area contributed by atoms with Crippen molar-refractivity contribution in [1.82, 2.24) is 5.32 Å². The van der Waals surface area contributed by atoms with Gasteiger partial charge in [0.15, 0.2) is 0 Å². The third-order valence-corrected chi connectivity index (χ3v) is 1.89. The highest BCUT2D eigenvalue weighted by atomic mass is 19.4. The lowest BCUT2D eigenvalue weighted by Gasteiger charge is -2.23. The van der Waals surface area contributed by atoms with Gasteiger partial charge in [-0.15, -0.1) is 0 Å². The Kier molecular flexibility index (Phi) is 4.03. The van der Waals surface area contributed by atoms with Crippen LogP contribution in [0.1, 0.15) is 27.2 Å². The van der Waals surface area contributed by atoms with Crippen molar-refractivity contribution in [2.75, 3.05) is 13.1 Å². The monoisotopic (exact) mass is 183 g/mol. The quantitative estimate of drug-likeness (QED) is 0.706. The fourth-order valence-electron chi connectivity index (χ4n) is 0.668. The van der Waals surface area contributed by atoms with Crippen molar-refractivity contribution in [3.8, 4) is 0 Å². The van der Waals surface area contributed by atoms with E-state index in [1.165, 1.54) is 0 Å². The molecule has 0 saturated heterocycles. The molecule has 0 saturated carbocycles. The minimum absolute atomic E-state index is 0.0503. The second-order valence-electron chi connectivity index (χ2n) is 3.74. The number of halogens is 3. The van der Waals surface area contributed by atoms with Gasteiger partial charge in [0.1, 0.15) is 0 Å². The van der Waals surface area contributed by atoms with Gasteiger partial charge in [-0.1, -0.05) is 20.8 Å². The Balaban J connectivity index is 3.57. The lowest BCUT2D eigenvalue weighted by atomic mass is 9.90. The summed E-state index contributed by atoms with van der Waals surface area (Å²) >= 11 is 0. The van der Waals surface area contributed by atoms with Crippen LogP contribution in [0.3, 0.4) is 0 Å². The number of rotatable bonds is 4. The van der Waals surface area contributed by atoms with Gasteiger partial charge in [0.05, 0.1) is 6.54 Å². The van der Waals surface area contributed by atoms with Gasteiger partial charge in [-0.2, -0.15) is 13.2 Å². The molecule has 0 aliphatic carbocycles. The maximum absolute atomic E-state index is 11.7. The molecule has 0 aromatic heterocycles. The summed E-state index contributed by atoms with van der Waals surface area (Å²) in [6, 6.07) is 0. The van der Waals surface area contributed by atoms with E-state index in [1.807, 2.05) is 20.8 Å². The maximum Gasteiger partial charge on any atom is 0.401 e. The highest BCUT2D eigenvalue weighted by Gasteiger charge is 2.27. The molecule has 4 heteroatoms. The Bertz CT molecular complexity index is 129. The van der Waals surface area contributed by atoms with Gasteiger partial charge >= 0.3 is 6.18 Å². The predicted octanol–water partition coefficient (Wildman–Crippen LogP) is 2.57. The van der Waals surface area contributed by atoms with Crippen molar-refractivity contribution in [2.24, 2.45) is 5.41 Å². The average Bonchev–Trinajstić information content (AvgIpc) is 1.84. The molecule has 0 fully saturated rings. The van der Waals surface area contributed by atoms with Crippen LogP contribution in [0.5, 0.6) is 0 Å². The summed E-state index contributed by atoms with van der Waals surface area (Å²) in [6.45, 7) is 5.36. The first kappa shape index (κ1) is 11.8. The summed E-state index contributed by atoms with van der Waals surface area (Å²) in [4.78, 5) is 0. The summed E-state index contributed by atoms with van der Waals surface area (Å²) in [5.41, 5.74) is -0.0503. The minimum Gasteiger partial charge on any atom is -0.308 e. The van der Waals surface area contributed by atoms with Crippen LogP contribution in [0, 0.1) is 5.41 Å². The molecule has 0 aromatic rings. The zero-order valence-electron chi connectivity index (χ0n) is 7.76. The fraction of sp³-hybridized carbons (Fsp3) is 1.00. The first-order chi connectivity index (χ1) is 5.27. The molecule has 12 heavy (non-hydrogen) atoms. The zero-order valence-corrected chi connectivity index (χ0v) is 7.76. The van der Waals surface area contributed by atoms with E-state index < -0.39 is 12.7 Å². The molecule has 0 spiro atoms. The van der Waals surface area contributed by atoms with Crippen molar-refractivity contribution in [1.29, 1.82) is 0 Å². The van der Waals surface area contributed by atoms with Gasteiger partial charge in [0.25, 0.3) is 0 Å². The van der Waals surface area contributed by atoms with Gasteiger partial charge in [0, 0.05) is 6.54 Å².